The second-order valence-electron chi connectivity index (χ2n) is 5.31. The number of pyridine rings is 1. The van der Waals surface area contributed by atoms with E-state index in [2.05, 4.69) is 27.8 Å². The first kappa shape index (κ1) is 16.7. The Morgan fingerprint density at radius 3 is 2.57 bits per heavy atom. The van der Waals surface area contributed by atoms with Crippen LogP contribution < -0.4 is 10.9 Å². The summed E-state index contributed by atoms with van der Waals surface area (Å²) in [5.74, 6) is 1.47. The van der Waals surface area contributed by atoms with Crippen molar-refractivity contribution in [3.05, 3.63) is 41.7 Å². The Morgan fingerprint density at radius 2 is 2.00 bits per heavy atom. The highest BCUT2D eigenvalue weighted by Crippen LogP contribution is 2.43. The summed E-state index contributed by atoms with van der Waals surface area (Å²) in [5.41, 5.74) is 8.66. The first-order valence-corrected chi connectivity index (χ1v) is 7.05. The Kier molecular flexibility index (Phi) is 5.46. The highest BCUT2D eigenvalue weighted by Gasteiger charge is 2.44. The average Bonchev–Trinajstić information content (AvgIpc) is 2.87. The summed E-state index contributed by atoms with van der Waals surface area (Å²) in [7, 11) is 0. The fourth-order valence-electron chi connectivity index (χ4n) is 2.71. The van der Waals surface area contributed by atoms with Gasteiger partial charge >= 0.3 is 11.9 Å². The number of carbonyl (C=O) groups is 2. The summed E-state index contributed by atoms with van der Waals surface area (Å²) >= 11 is 0. The smallest absolute Gasteiger partial charge is 0.328 e. The van der Waals surface area contributed by atoms with Crippen LogP contribution in [0.1, 0.15) is 23.5 Å². The second-order valence-corrected chi connectivity index (χ2v) is 5.31. The molecule has 1 aromatic rings. The number of aliphatic carboxylic acids is 2. The van der Waals surface area contributed by atoms with Crippen molar-refractivity contribution in [3.8, 4) is 12.3 Å². The molecule has 2 heterocycles. The van der Waals surface area contributed by atoms with Gasteiger partial charge in [0.1, 0.15) is 0 Å². The highest BCUT2D eigenvalue weighted by molar-refractivity contribution is 5.89. The molecular weight excluding hydrogens is 298 g/mol. The lowest BCUT2D eigenvalue weighted by Gasteiger charge is -2.39. The van der Waals surface area contributed by atoms with E-state index in [-0.39, 0.29) is 0 Å². The standard InChI is InChI=1S/C12H13N3.C4H4O4/c1-2-8-3-9(6-13-5-8)11-4-10-7-14-15-12(10)11;5-3(6)1-2-4(7)8/h1,3,5-6,10-12,14-15H,4,7H2;1-2H,(H,5,6)(H,7,8)/b;2-1+/t10-,11?,12-;/m0./s1. The van der Waals surface area contributed by atoms with Crippen molar-refractivity contribution in [1.82, 2.24) is 15.8 Å². The van der Waals surface area contributed by atoms with Crippen LogP contribution in [0.4, 0.5) is 0 Å². The Balaban J connectivity index is 0.000000207. The van der Waals surface area contributed by atoms with Crippen LogP contribution in [0.5, 0.6) is 0 Å². The van der Waals surface area contributed by atoms with Crippen LogP contribution in [0.3, 0.4) is 0 Å². The number of carboxylic acid groups (broad SMARTS) is 2. The Labute approximate surface area is 133 Å². The third kappa shape index (κ3) is 4.39. The number of rotatable bonds is 3. The largest absolute Gasteiger partial charge is 0.478 e. The molecule has 7 heteroatoms. The van der Waals surface area contributed by atoms with Gasteiger partial charge < -0.3 is 10.2 Å². The average molecular weight is 315 g/mol. The Hall–Kier alpha value is -2.69. The van der Waals surface area contributed by atoms with Crippen molar-refractivity contribution >= 4 is 11.9 Å². The van der Waals surface area contributed by atoms with Gasteiger partial charge in [-0.15, -0.1) is 6.42 Å². The van der Waals surface area contributed by atoms with Crippen LogP contribution >= 0.6 is 0 Å². The van der Waals surface area contributed by atoms with E-state index in [4.69, 9.17) is 16.6 Å². The molecule has 3 rings (SSSR count). The maximum absolute atomic E-state index is 9.55. The monoisotopic (exact) mass is 315 g/mol. The van der Waals surface area contributed by atoms with Gasteiger partial charge in [0.25, 0.3) is 0 Å². The lowest BCUT2D eigenvalue weighted by atomic mass is 9.68. The number of carboxylic acids is 2. The summed E-state index contributed by atoms with van der Waals surface area (Å²) in [6, 6.07) is 2.65. The number of nitrogens with zero attached hydrogens (tertiary/aromatic N) is 1. The zero-order chi connectivity index (χ0) is 16.8. The molecule has 0 aromatic carbocycles. The van der Waals surface area contributed by atoms with E-state index in [1.54, 1.807) is 6.20 Å². The van der Waals surface area contributed by atoms with E-state index >= 15 is 0 Å². The molecule has 2 fully saturated rings. The number of nitrogens with one attached hydrogen (secondary N) is 2. The molecule has 0 amide bonds. The molecule has 1 saturated carbocycles. The van der Waals surface area contributed by atoms with E-state index in [0.29, 0.717) is 24.1 Å². The fraction of sp³-hybridized carbons (Fsp3) is 0.312. The first-order valence-electron chi connectivity index (χ1n) is 7.05. The Morgan fingerprint density at radius 1 is 1.30 bits per heavy atom. The van der Waals surface area contributed by atoms with E-state index in [9.17, 15) is 9.59 Å². The molecule has 1 aliphatic heterocycles. The van der Waals surface area contributed by atoms with Gasteiger partial charge in [0, 0.05) is 48.6 Å². The molecule has 23 heavy (non-hydrogen) atoms. The molecule has 3 atom stereocenters. The van der Waals surface area contributed by atoms with Crippen LogP contribution in [0.15, 0.2) is 30.6 Å². The summed E-state index contributed by atoms with van der Waals surface area (Å²) in [6.45, 7) is 1.09. The quantitative estimate of drug-likeness (QED) is 0.470. The fourth-order valence-corrected chi connectivity index (χ4v) is 2.71. The molecule has 4 N–H and O–H groups in total. The highest BCUT2D eigenvalue weighted by atomic mass is 16.4. The predicted molar refractivity (Wildman–Crippen MR) is 82.4 cm³/mol. The molecule has 1 aromatic heterocycles. The maximum Gasteiger partial charge on any atom is 0.328 e. The van der Waals surface area contributed by atoms with Crippen molar-refractivity contribution in [3.63, 3.8) is 0 Å². The van der Waals surface area contributed by atoms with Gasteiger partial charge in [-0.2, -0.15) is 0 Å². The van der Waals surface area contributed by atoms with Gasteiger partial charge in [-0.1, -0.05) is 5.92 Å². The van der Waals surface area contributed by atoms with Crippen molar-refractivity contribution in [2.45, 2.75) is 18.4 Å². The number of hydrazine groups is 1. The van der Waals surface area contributed by atoms with E-state index in [1.807, 2.05) is 6.20 Å². The van der Waals surface area contributed by atoms with Crippen LogP contribution in [0.2, 0.25) is 0 Å². The third-order valence-electron chi connectivity index (χ3n) is 3.85. The van der Waals surface area contributed by atoms with Gasteiger partial charge in [0.15, 0.2) is 0 Å². The second kappa shape index (κ2) is 7.54. The van der Waals surface area contributed by atoms with Gasteiger partial charge in [0.2, 0.25) is 0 Å². The molecular formula is C16H17N3O4. The lowest BCUT2D eigenvalue weighted by molar-refractivity contribution is -0.134. The number of terminal acetylenes is 1. The Bertz CT molecular complexity index is 650. The normalized spacial score (nSPS) is 24.7. The van der Waals surface area contributed by atoms with Gasteiger partial charge in [-0.25, -0.2) is 9.59 Å². The summed E-state index contributed by atoms with van der Waals surface area (Å²) < 4.78 is 0. The maximum atomic E-state index is 9.55. The van der Waals surface area contributed by atoms with Crippen LogP contribution in [0.25, 0.3) is 0 Å². The topological polar surface area (TPSA) is 112 Å². The van der Waals surface area contributed by atoms with Crippen molar-refractivity contribution in [2.75, 3.05) is 6.54 Å². The minimum atomic E-state index is -1.26. The van der Waals surface area contributed by atoms with E-state index in [0.717, 1.165) is 18.0 Å². The summed E-state index contributed by atoms with van der Waals surface area (Å²) in [5, 5.41) is 15.6. The molecule has 1 unspecified atom stereocenters. The van der Waals surface area contributed by atoms with E-state index in [1.165, 1.54) is 12.0 Å². The van der Waals surface area contributed by atoms with Crippen LogP contribution in [-0.2, 0) is 9.59 Å². The molecule has 7 nitrogen and oxygen atoms in total. The van der Waals surface area contributed by atoms with Gasteiger partial charge in [-0.05, 0) is 24.0 Å². The minimum Gasteiger partial charge on any atom is -0.478 e. The molecule has 2 aliphatic rings. The van der Waals surface area contributed by atoms with Crippen molar-refractivity contribution in [1.29, 1.82) is 0 Å². The zero-order valence-electron chi connectivity index (χ0n) is 12.3. The van der Waals surface area contributed by atoms with Crippen molar-refractivity contribution < 1.29 is 19.8 Å². The molecule has 1 aliphatic carbocycles. The third-order valence-corrected chi connectivity index (χ3v) is 3.85. The summed E-state index contributed by atoms with van der Waals surface area (Å²) in [6.07, 6.45) is 11.4. The lowest BCUT2D eigenvalue weighted by Crippen LogP contribution is -2.45. The number of aromatic nitrogens is 1. The molecule has 120 valence electrons. The number of fused-ring (bicyclic) bond motifs is 1. The molecule has 0 radical (unpaired) electrons. The molecule has 1 saturated heterocycles. The van der Waals surface area contributed by atoms with Crippen molar-refractivity contribution in [2.24, 2.45) is 5.92 Å². The van der Waals surface area contributed by atoms with Crippen LogP contribution in [0, 0.1) is 18.3 Å². The first-order chi connectivity index (χ1) is 11.0. The van der Waals surface area contributed by atoms with Gasteiger partial charge in [-0.3, -0.25) is 15.8 Å². The van der Waals surface area contributed by atoms with E-state index < -0.39 is 11.9 Å². The number of hydrogen-bond acceptors (Lipinski definition) is 5. The molecule has 0 bridgehead atoms. The van der Waals surface area contributed by atoms with Crippen LogP contribution in [-0.4, -0.2) is 39.7 Å². The predicted octanol–water partition coefficient (Wildman–Crippen LogP) is 0.355. The minimum absolute atomic E-state index is 0.558. The number of hydrogen-bond donors (Lipinski definition) is 4. The zero-order valence-corrected chi connectivity index (χ0v) is 12.3. The SMILES string of the molecule is C#Cc1cncc(C2C[C@H]3CNN[C@H]23)c1.O=C(O)/C=C/C(=O)O. The van der Waals surface area contributed by atoms with Gasteiger partial charge in [0.05, 0.1) is 0 Å². The molecule has 0 spiro atoms. The summed E-state index contributed by atoms with van der Waals surface area (Å²) in [4.78, 5) is 23.3.